The molecule has 0 aliphatic rings. The van der Waals surface area contributed by atoms with Crippen molar-refractivity contribution >= 4 is 27.8 Å². The Labute approximate surface area is 135 Å². The standard InChI is InChI=1S/C19H21NO3/c21-19(22)9-3-1-2-6-12-23-14-10-11-16-15-7-4-5-8-17(15)20-18(16)13-14/h4-5,7-8,10-11,13,20H,1-3,6,9,12H2,(H,21,22). The molecular formula is C19H21NO3. The summed E-state index contributed by atoms with van der Waals surface area (Å²) in [6.45, 7) is 0.665. The van der Waals surface area contributed by atoms with Crippen molar-refractivity contribution in [3.8, 4) is 5.75 Å². The molecule has 4 nitrogen and oxygen atoms in total. The van der Waals surface area contributed by atoms with E-state index >= 15 is 0 Å². The number of H-pyrrole nitrogens is 1. The van der Waals surface area contributed by atoms with E-state index in [1.165, 1.54) is 10.8 Å². The SMILES string of the molecule is O=C(O)CCCCCCOc1ccc2c(c1)[nH]c1ccccc12. The van der Waals surface area contributed by atoms with E-state index in [2.05, 4.69) is 23.2 Å². The Bertz CT molecular complexity index is 807. The molecule has 1 aromatic heterocycles. The number of hydrogen-bond donors (Lipinski definition) is 2. The average Bonchev–Trinajstić information content (AvgIpc) is 2.91. The highest BCUT2D eigenvalue weighted by Gasteiger charge is 2.04. The number of hydrogen-bond acceptors (Lipinski definition) is 2. The van der Waals surface area contributed by atoms with E-state index in [1.807, 2.05) is 24.3 Å². The van der Waals surface area contributed by atoms with Crippen molar-refractivity contribution in [1.82, 2.24) is 4.98 Å². The Kier molecular flexibility index (Phi) is 4.81. The summed E-state index contributed by atoms with van der Waals surface area (Å²) < 4.78 is 5.80. The van der Waals surface area contributed by atoms with Crippen molar-refractivity contribution in [1.29, 1.82) is 0 Å². The first kappa shape index (κ1) is 15.4. The van der Waals surface area contributed by atoms with Gasteiger partial charge in [0.05, 0.1) is 12.1 Å². The largest absolute Gasteiger partial charge is 0.494 e. The maximum atomic E-state index is 10.4. The number of para-hydroxylation sites is 1. The van der Waals surface area contributed by atoms with Gasteiger partial charge in [0, 0.05) is 28.8 Å². The molecule has 4 heteroatoms. The number of carboxylic acids is 1. The zero-order valence-electron chi connectivity index (χ0n) is 13.0. The second-order valence-electron chi connectivity index (χ2n) is 5.78. The molecule has 0 aliphatic carbocycles. The van der Waals surface area contributed by atoms with Gasteiger partial charge in [0.2, 0.25) is 0 Å². The molecule has 0 atom stereocenters. The van der Waals surface area contributed by atoms with Gasteiger partial charge in [-0.25, -0.2) is 0 Å². The molecule has 3 aromatic rings. The van der Waals surface area contributed by atoms with Gasteiger partial charge in [0.1, 0.15) is 5.75 Å². The maximum absolute atomic E-state index is 10.4. The van der Waals surface area contributed by atoms with Crippen LogP contribution in [0.3, 0.4) is 0 Å². The van der Waals surface area contributed by atoms with E-state index < -0.39 is 5.97 Å². The van der Waals surface area contributed by atoms with Gasteiger partial charge in [-0.05, 0) is 31.0 Å². The van der Waals surface area contributed by atoms with Gasteiger partial charge in [-0.2, -0.15) is 0 Å². The van der Waals surface area contributed by atoms with Crippen LogP contribution >= 0.6 is 0 Å². The lowest BCUT2D eigenvalue weighted by molar-refractivity contribution is -0.137. The van der Waals surface area contributed by atoms with E-state index in [4.69, 9.17) is 9.84 Å². The molecule has 2 aromatic carbocycles. The molecule has 0 amide bonds. The molecule has 0 saturated heterocycles. The number of aromatic nitrogens is 1. The van der Waals surface area contributed by atoms with Crippen LogP contribution in [0.1, 0.15) is 32.1 Å². The first-order chi connectivity index (χ1) is 11.2. The molecule has 0 fully saturated rings. The Balaban J connectivity index is 1.53. The highest BCUT2D eigenvalue weighted by atomic mass is 16.5. The second kappa shape index (κ2) is 7.18. The lowest BCUT2D eigenvalue weighted by Gasteiger charge is -2.06. The predicted molar refractivity (Wildman–Crippen MR) is 92.0 cm³/mol. The number of nitrogens with one attached hydrogen (secondary N) is 1. The van der Waals surface area contributed by atoms with Crippen molar-refractivity contribution in [3.05, 3.63) is 42.5 Å². The van der Waals surface area contributed by atoms with Crippen LogP contribution in [-0.2, 0) is 4.79 Å². The summed E-state index contributed by atoms with van der Waals surface area (Å²) in [5.74, 6) is 0.155. The topological polar surface area (TPSA) is 62.3 Å². The van der Waals surface area contributed by atoms with Crippen LogP contribution in [0.25, 0.3) is 21.8 Å². The van der Waals surface area contributed by atoms with Crippen molar-refractivity contribution in [2.24, 2.45) is 0 Å². The van der Waals surface area contributed by atoms with Gasteiger partial charge in [0.25, 0.3) is 0 Å². The van der Waals surface area contributed by atoms with E-state index in [-0.39, 0.29) is 6.42 Å². The summed E-state index contributed by atoms with van der Waals surface area (Å²) in [5.41, 5.74) is 2.23. The van der Waals surface area contributed by atoms with E-state index in [9.17, 15) is 4.79 Å². The molecule has 0 saturated carbocycles. The normalized spacial score (nSPS) is 11.1. The van der Waals surface area contributed by atoms with Gasteiger partial charge in [-0.15, -0.1) is 0 Å². The van der Waals surface area contributed by atoms with Crippen molar-refractivity contribution in [2.45, 2.75) is 32.1 Å². The second-order valence-corrected chi connectivity index (χ2v) is 5.78. The minimum absolute atomic E-state index is 0.262. The van der Waals surface area contributed by atoms with Crippen molar-refractivity contribution in [3.63, 3.8) is 0 Å². The summed E-state index contributed by atoms with van der Waals surface area (Å²) in [4.78, 5) is 13.8. The Hall–Kier alpha value is -2.49. The van der Waals surface area contributed by atoms with E-state index in [1.54, 1.807) is 0 Å². The fourth-order valence-corrected chi connectivity index (χ4v) is 2.85. The third kappa shape index (κ3) is 3.83. The highest BCUT2D eigenvalue weighted by Crippen LogP contribution is 2.28. The number of fused-ring (bicyclic) bond motifs is 3. The minimum Gasteiger partial charge on any atom is -0.494 e. The molecule has 120 valence electrons. The number of aliphatic carboxylic acids is 1. The predicted octanol–water partition coefficient (Wildman–Crippen LogP) is 4.74. The van der Waals surface area contributed by atoms with Crippen LogP contribution in [-0.4, -0.2) is 22.7 Å². The summed E-state index contributed by atoms with van der Waals surface area (Å²) >= 11 is 0. The third-order valence-electron chi connectivity index (χ3n) is 4.03. The summed E-state index contributed by atoms with van der Waals surface area (Å²) in [6, 6.07) is 14.4. The van der Waals surface area contributed by atoms with Crippen LogP contribution in [0.2, 0.25) is 0 Å². The molecule has 0 bridgehead atoms. The quantitative estimate of drug-likeness (QED) is 0.591. The number of carboxylic acid groups (broad SMARTS) is 1. The Morgan fingerprint density at radius 1 is 0.957 bits per heavy atom. The zero-order valence-corrected chi connectivity index (χ0v) is 13.0. The van der Waals surface area contributed by atoms with Crippen LogP contribution in [0.4, 0.5) is 0 Å². The summed E-state index contributed by atoms with van der Waals surface area (Å²) in [7, 11) is 0. The fraction of sp³-hybridized carbons (Fsp3) is 0.316. The molecule has 0 unspecified atom stereocenters. The molecule has 2 N–H and O–H groups in total. The first-order valence-corrected chi connectivity index (χ1v) is 8.09. The zero-order chi connectivity index (χ0) is 16.1. The lowest BCUT2D eigenvalue weighted by atomic mass is 10.1. The molecule has 0 aliphatic heterocycles. The number of rotatable bonds is 8. The molecule has 0 radical (unpaired) electrons. The van der Waals surface area contributed by atoms with E-state index in [0.29, 0.717) is 6.61 Å². The van der Waals surface area contributed by atoms with E-state index in [0.717, 1.165) is 42.5 Å². The van der Waals surface area contributed by atoms with Crippen LogP contribution in [0.15, 0.2) is 42.5 Å². The number of benzene rings is 2. The average molecular weight is 311 g/mol. The van der Waals surface area contributed by atoms with Crippen molar-refractivity contribution < 1.29 is 14.6 Å². The summed E-state index contributed by atoms with van der Waals surface area (Å²) in [6.07, 6.45) is 3.90. The van der Waals surface area contributed by atoms with Gasteiger partial charge >= 0.3 is 5.97 Å². The fourth-order valence-electron chi connectivity index (χ4n) is 2.85. The van der Waals surface area contributed by atoms with Crippen LogP contribution in [0.5, 0.6) is 5.75 Å². The lowest BCUT2D eigenvalue weighted by Crippen LogP contribution is -1.98. The van der Waals surface area contributed by atoms with Gasteiger partial charge in [0.15, 0.2) is 0 Å². The highest BCUT2D eigenvalue weighted by molar-refractivity contribution is 6.07. The number of unbranched alkanes of at least 4 members (excludes halogenated alkanes) is 3. The van der Waals surface area contributed by atoms with Gasteiger partial charge < -0.3 is 14.8 Å². The van der Waals surface area contributed by atoms with Gasteiger partial charge in [-0.1, -0.05) is 31.0 Å². The number of ether oxygens (including phenoxy) is 1. The number of carbonyl (C=O) groups is 1. The van der Waals surface area contributed by atoms with Crippen LogP contribution < -0.4 is 4.74 Å². The Morgan fingerprint density at radius 2 is 1.74 bits per heavy atom. The smallest absolute Gasteiger partial charge is 0.303 e. The molecular weight excluding hydrogens is 290 g/mol. The van der Waals surface area contributed by atoms with Crippen molar-refractivity contribution in [2.75, 3.05) is 6.61 Å². The minimum atomic E-state index is -0.715. The summed E-state index contributed by atoms with van der Waals surface area (Å²) in [5, 5.41) is 11.0. The molecule has 3 rings (SSSR count). The van der Waals surface area contributed by atoms with Crippen LogP contribution in [0, 0.1) is 0 Å². The number of aromatic amines is 1. The van der Waals surface area contributed by atoms with Gasteiger partial charge in [-0.3, -0.25) is 4.79 Å². The first-order valence-electron chi connectivity index (χ1n) is 8.09. The Morgan fingerprint density at radius 3 is 2.61 bits per heavy atom. The molecule has 1 heterocycles. The molecule has 23 heavy (non-hydrogen) atoms. The third-order valence-corrected chi connectivity index (χ3v) is 4.03. The monoisotopic (exact) mass is 311 g/mol. The maximum Gasteiger partial charge on any atom is 0.303 e. The molecule has 0 spiro atoms.